The van der Waals surface area contributed by atoms with Gasteiger partial charge in [0.15, 0.2) is 0 Å². The molecule has 16 heavy (non-hydrogen) atoms. The zero-order valence-electron chi connectivity index (χ0n) is 10.4. The van der Waals surface area contributed by atoms with Crippen molar-refractivity contribution >= 4 is 0 Å². The molecule has 1 N–H and O–H groups in total. The van der Waals surface area contributed by atoms with Gasteiger partial charge < -0.3 is 9.84 Å². The number of aliphatic hydroxyl groups excluding tert-OH is 1. The van der Waals surface area contributed by atoms with E-state index in [0.717, 1.165) is 11.3 Å². The summed E-state index contributed by atoms with van der Waals surface area (Å²) in [5, 5.41) is 9.19. The molecule has 1 aromatic rings. The molecule has 0 saturated carbocycles. The Balaban J connectivity index is 3.20. The average molecular weight is 221 g/mol. The van der Waals surface area contributed by atoms with Gasteiger partial charge in [-0.25, -0.2) is 0 Å². The van der Waals surface area contributed by atoms with E-state index in [-0.39, 0.29) is 12.5 Å². The zero-order valence-corrected chi connectivity index (χ0v) is 10.4. The van der Waals surface area contributed by atoms with E-state index in [2.05, 4.69) is 26.8 Å². The zero-order chi connectivity index (χ0) is 12.1. The lowest BCUT2D eigenvalue weighted by atomic mass is 9.93. The van der Waals surface area contributed by atoms with Crippen LogP contribution in [0.4, 0.5) is 0 Å². The Bertz CT molecular complexity index is 332. The van der Waals surface area contributed by atoms with E-state index in [1.54, 1.807) is 0 Å². The lowest BCUT2D eigenvalue weighted by molar-refractivity contribution is 0.275. The van der Waals surface area contributed by atoms with E-state index in [4.69, 9.17) is 4.74 Å². The van der Waals surface area contributed by atoms with E-state index < -0.39 is 0 Å². The summed E-state index contributed by atoms with van der Waals surface area (Å²) < 4.78 is 5.70. The van der Waals surface area contributed by atoms with Crippen LogP contribution in [0.2, 0.25) is 0 Å². The maximum atomic E-state index is 9.19. The highest BCUT2D eigenvalue weighted by molar-refractivity contribution is 5.45. The summed E-state index contributed by atoms with van der Waals surface area (Å²) in [5.41, 5.74) is 2.18. The Hall–Kier alpha value is -1.02. The minimum absolute atomic E-state index is 0.0433. The normalized spacial score (nSPS) is 12.9. The maximum Gasteiger partial charge on any atom is 0.126 e. The number of hydrogen-bond donors (Lipinski definition) is 1. The smallest absolute Gasteiger partial charge is 0.126 e. The summed E-state index contributed by atoms with van der Waals surface area (Å²) in [6, 6.07) is 6.05. The van der Waals surface area contributed by atoms with Crippen LogP contribution in [-0.2, 0) is 0 Å². The topological polar surface area (TPSA) is 29.5 Å². The predicted octanol–water partition coefficient (Wildman–Crippen LogP) is 3.12. The first-order valence-corrected chi connectivity index (χ1v) is 5.81. The molecule has 2 heteroatoms. The molecule has 0 aromatic heterocycles. The van der Waals surface area contributed by atoms with E-state index in [0.29, 0.717) is 12.5 Å². The van der Waals surface area contributed by atoms with E-state index in [1.165, 1.54) is 5.56 Å². The van der Waals surface area contributed by atoms with E-state index >= 15 is 0 Å². The second-order valence-electron chi connectivity index (χ2n) is 4.23. The van der Waals surface area contributed by atoms with Crippen LogP contribution in [0.3, 0.4) is 0 Å². The molecule has 0 aliphatic carbocycles. The Morgan fingerprint density at radius 3 is 2.44 bits per heavy atom. The second-order valence-corrected chi connectivity index (χ2v) is 4.23. The van der Waals surface area contributed by atoms with Gasteiger partial charge in [-0.15, -0.1) is 0 Å². The van der Waals surface area contributed by atoms with Crippen LogP contribution >= 0.6 is 0 Å². The average Bonchev–Trinajstić information content (AvgIpc) is 2.28. The molecule has 0 fully saturated rings. The molecule has 0 bridgehead atoms. The summed E-state index contributed by atoms with van der Waals surface area (Å²) in [6.07, 6.45) is 0. The lowest BCUT2D eigenvalue weighted by Gasteiger charge is -2.19. The largest absolute Gasteiger partial charge is 0.493 e. The van der Waals surface area contributed by atoms with Crippen molar-refractivity contribution in [2.45, 2.75) is 32.6 Å². The maximum absolute atomic E-state index is 9.19. The molecule has 1 unspecified atom stereocenters. The van der Waals surface area contributed by atoms with Crippen molar-refractivity contribution < 1.29 is 9.84 Å². The van der Waals surface area contributed by atoms with Crippen LogP contribution in [0.1, 0.15) is 43.7 Å². The number of hydrogen-bond acceptors (Lipinski definition) is 2. The van der Waals surface area contributed by atoms with Crippen LogP contribution in [-0.4, -0.2) is 18.3 Å². The molecule has 0 saturated heterocycles. The molecule has 0 amide bonds. The summed E-state index contributed by atoms with van der Waals surface area (Å²) in [5.74, 6) is 1.18. The van der Waals surface area contributed by atoms with Gasteiger partial charge in [0, 0.05) is 5.92 Å². The number of para-hydroxylation sites is 1. The molecule has 0 aliphatic rings. The van der Waals surface area contributed by atoms with Gasteiger partial charge in [0.25, 0.3) is 0 Å². The van der Waals surface area contributed by atoms with Crippen LogP contribution < -0.4 is 4.74 Å². The SMILES string of the molecule is [CH2]C(CO)c1cccc(C(C)C)c1OCC. The van der Waals surface area contributed by atoms with Crippen LogP contribution in [0.25, 0.3) is 0 Å². The first-order valence-electron chi connectivity index (χ1n) is 5.81. The molecule has 0 spiro atoms. The minimum atomic E-state index is -0.125. The van der Waals surface area contributed by atoms with Gasteiger partial charge in [0.1, 0.15) is 5.75 Å². The molecular formula is C14H21O2. The predicted molar refractivity (Wildman–Crippen MR) is 66.9 cm³/mol. The Labute approximate surface area is 98.3 Å². The third-order valence-corrected chi connectivity index (χ3v) is 2.65. The molecular weight excluding hydrogens is 200 g/mol. The molecule has 1 aromatic carbocycles. The Kier molecular flexibility index (Phi) is 4.81. The first kappa shape index (κ1) is 13.0. The van der Waals surface area contributed by atoms with E-state index in [1.807, 2.05) is 19.1 Å². The lowest BCUT2D eigenvalue weighted by Crippen LogP contribution is -2.07. The Morgan fingerprint density at radius 1 is 1.31 bits per heavy atom. The van der Waals surface area contributed by atoms with Crippen molar-refractivity contribution in [2.75, 3.05) is 13.2 Å². The van der Waals surface area contributed by atoms with E-state index in [9.17, 15) is 5.11 Å². The van der Waals surface area contributed by atoms with Crippen molar-refractivity contribution in [1.29, 1.82) is 0 Å². The summed E-state index contributed by atoms with van der Waals surface area (Å²) in [6.45, 7) is 10.9. The molecule has 1 atom stereocenters. The standard InChI is InChI=1S/C14H21O2/c1-5-16-14-12(10(2)3)7-6-8-13(14)11(4)9-15/h6-8,10-11,15H,4-5,9H2,1-3H3. The summed E-state index contributed by atoms with van der Waals surface area (Å²) in [4.78, 5) is 0. The van der Waals surface area contributed by atoms with Gasteiger partial charge in [-0.1, -0.05) is 32.0 Å². The number of rotatable bonds is 5. The van der Waals surface area contributed by atoms with Crippen LogP contribution in [0.5, 0.6) is 5.75 Å². The third-order valence-electron chi connectivity index (χ3n) is 2.65. The van der Waals surface area contributed by atoms with Gasteiger partial charge in [-0.05, 0) is 30.9 Å². The quantitative estimate of drug-likeness (QED) is 0.827. The van der Waals surface area contributed by atoms with Crippen molar-refractivity contribution in [3.63, 3.8) is 0 Å². The van der Waals surface area contributed by atoms with Gasteiger partial charge in [0.05, 0.1) is 13.2 Å². The summed E-state index contributed by atoms with van der Waals surface area (Å²) in [7, 11) is 0. The van der Waals surface area contributed by atoms with Crippen molar-refractivity contribution in [2.24, 2.45) is 0 Å². The van der Waals surface area contributed by atoms with Crippen molar-refractivity contribution in [3.8, 4) is 5.75 Å². The number of aliphatic hydroxyl groups is 1. The number of ether oxygens (including phenoxy) is 1. The molecule has 0 heterocycles. The highest BCUT2D eigenvalue weighted by Gasteiger charge is 2.16. The fraction of sp³-hybridized carbons (Fsp3) is 0.500. The third kappa shape index (κ3) is 2.76. The second kappa shape index (κ2) is 5.90. The van der Waals surface area contributed by atoms with Gasteiger partial charge >= 0.3 is 0 Å². The molecule has 1 rings (SSSR count). The fourth-order valence-electron chi connectivity index (χ4n) is 1.76. The van der Waals surface area contributed by atoms with Crippen LogP contribution in [0.15, 0.2) is 18.2 Å². The summed E-state index contributed by atoms with van der Waals surface area (Å²) >= 11 is 0. The number of benzene rings is 1. The van der Waals surface area contributed by atoms with Gasteiger partial charge in [-0.2, -0.15) is 0 Å². The Morgan fingerprint density at radius 2 is 1.94 bits per heavy atom. The molecule has 89 valence electrons. The van der Waals surface area contributed by atoms with Gasteiger partial charge in [0.2, 0.25) is 0 Å². The van der Waals surface area contributed by atoms with Crippen molar-refractivity contribution in [1.82, 2.24) is 0 Å². The molecule has 2 nitrogen and oxygen atoms in total. The van der Waals surface area contributed by atoms with Crippen LogP contribution in [0, 0.1) is 6.92 Å². The van der Waals surface area contributed by atoms with Gasteiger partial charge in [-0.3, -0.25) is 0 Å². The highest BCUT2D eigenvalue weighted by Crippen LogP contribution is 2.34. The molecule has 1 radical (unpaired) electrons. The minimum Gasteiger partial charge on any atom is -0.493 e. The fourth-order valence-corrected chi connectivity index (χ4v) is 1.76. The monoisotopic (exact) mass is 221 g/mol. The first-order chi connectivity index (χ1) is 7.61. The molecule has 0 aliphatic heterocycles. The highest BCUT2D eigenvalue weighted by atomic mass is 16.5. The van der Waals surface area contributed by atoms with Crippen molar-refractivity contribution in [3.05, 3.63) is 36.2 Å².